The minimum Gasteiger partial charge on any atom is -0.497 e. The fourth-order valence-electron chi connectivity index (χ4n) is 2.13. The van der Waals surface area contributed by atoms with Crippen LogP contribution in [0.15, 0.2) is 23.3 Å². The van der Waals surface area contributed by atoms with Crippen LogP contribution in [0.5, 0.6) is 11.5 Å². The second-order valence-corrected chi connectivity index (χ2v) is 4.78. The summed E-state index contributed by atoms with van der Waals surface area (Å²) in [6, 6.07) is 5.53. The molecule has 1 aliphatic rings. The first-order chi connectivity index (χ1) is 10.6. The Hall–Kier alpha value is -2.57. The molecule has 118 valence electrons. The fraction of sp³-hybridized carbons (Fsp3) is 0.400. The minimum atomic E-state index is -0.262. The molecule has 0 aliphatic carbocycles. The Labute approximate surface area is 128 Å². The van der Waals surface area contributed by atoms with Crippen LogP contribution < -0.4 is 20.2 Å². The van der Waals surface area contributed by atoms with Crippen molar-refractivity contribution in [1.29, 1.82) is 0 Å². The molecule has 7 nitrogen and oxygen atoms in total. The molecular formula is C15H19N3O4. The number of hydrogen-bond acceptors (Lipinski definition) is 5. The van der Waals surface area contributed by atoms with Crippen LogP contribution in [0.2, 0.25) is 0 Å². The summed E-state index contributed by atoms with van der Waals surface area (Å²) >= 11 is 0. The third kappa shape index (κ3) is 3.97. The Kier molecular flexibility index (Phi) is 5.35. The van der Waals surface area contributed by atoms with E-state index in [-0.39, 0.29) is 18.2 Å². The van der Waals surface area contributed by atoms with Gasteiger partial charge in [-0.1, -0.05) is 0 Å². The van der Waals surface area contributed by atoms with Crippen LogP contribution in [0.4, 0.5) is 0 Å². The molecule has 0 unspecified atom stereocenters. The van der Waals surface area contributed by atoms with E-state index in [0.29, 0.717) is 25.1 Å². The molecule has 2 rings (SSSR count). The predicted molar refractivity (Wildman–Crippen MR) is 81.1 cm³/mol. The van der Waals surface area contributed by atoms with Gasteiger partial charge in [0.05, 0.1) is 14.2 Å². The molecule has 1 aromatic rings. The smallest absolute Gasteiger partial charge is 0.267 e. The predicted octanol–water partition coefficient (Wildman–Crippen LogP) is 0.628. The zero-order valence-corrected chi connectivity index (χ0v) is 12.6. The highest BCUT2D eigenvalue weighted by Crippen LogP contribution is 2.24. The molecule has 0 saturated carbocycles. The molecule has 1 aliphatic heterocycles. The van der Waals surface area contributed by atoms with Gasteiger partial charge < -0.3 is 14.8 Å². The SMILES string of the molecule is COc1ccc(OC)c(CCNC(=O)C2=NNC(=O)CC2)c1. The molecule has 0 aromatic heterocycles. The van der Waals surface area contributed by atoms with Gasteiger partial charge in [0.15, 0.2) is 0 Å². The Morgan fingerprint density at radius 1 is 1.32 bits per heavy atom. The second kappa shape index (κ2) is 7.44. The number of nitrogens with one attached hydrogen (secondary N) is 2. The quantitative estimate of drug-likeness (QED) is 0.806. The van der Waals surface area contributed by atoms with Gasteiger partial charge in [-0.05, 0) is 30.2 Å². The fourth-order valence-corrected chi connectivity index (χ4v) is 2.13. The first-order valence-electron chi connectivity index (χ1n) is 6.98. The number of carbonyl (C=O) groups is 2. The lowest BCUT2D eigenvalue weighted by Gasteiger charge is -2.13. The highest BCUT2D eigenvalue weighted by atomic mass is 16.5. The topological polar surface area (TPSA) is 89.0 Å². The number of hydrogen-bond donors (Lipinski definition) is 2. The van der Waals surface area contributed by atoms with E-state index in [4.69, 9.17) is 9.47 Å². The summed E-state index contributed by atoms with van der Waals surface area (Å²) in [5, 5.41) is 6.54. The number of amides is 2. The maximum atomic E-state index is 11.9. The zero-order valence-electron chi connectivity index (χ0n) is 12.6. The van der Waals surface area contributed by atoms with E-state index in [0.717, 1.165) is 17.1 Å². The van der Waals surface area contributed by atoms with E-state index >= 15 is 0 Å². The molecule has 0 radical (unpaired) electrons. The van der Waals surface area contributed by atoms with Gasteiger partial charge in [-0.25, -0.2) is 5.43 Å². The zero-order chi connectivity index (χ0) is 15.9. The maximum absolute atomic E-state index is 11.9. The average molecular weight is 305 g/mol. The number of methoxy groups -OCH3 is 2. The van der Waals surface area contributed by atoms with Crippen LogP contribution in [0.3, 0.4) is 0 Å². The summed E-state index contributed by atoms with van der Waals surface area (Å²) in [5.74, 6) is 1.05. The van der Waals surface area contributed by atoms with Crippen molar-refractivity contribution >= 4 is 17.5 Å². The van der Waals surface area contributed by atoms with Crippen molar-refractivity contribution in [3.8, 4) is 11.5 Å². The number of nitrogens with zero attached hydrogens (tertiary/aromatic N) is 1. The molecule has 7 heteroatoms. The van der Waals surface area contributed by atoms with Gasteiger partial charge in [-0.3, -0.25) is 9.59 Å². The van der Waals surface area contributed by atoms with Crippen molar-refractivity contribution in [2.75, 3.05) is 20.8 Å². The molecule has 0 fully saturated rings. The monoisotopic (exact) mass is 305 g/mol. The molecule has 0 spiro atoms. The summed E-state index contributed by atoms with van der Waals surface area (Å²) in [5.41, 5.74) is 3.60. The standard InChI is InChI=1S/C15H19N3O4/c1-21-11-3-5-13(22-2)10(9-11)7-8-16-15(20)12-4-6-14(19)18-17-12/h3,5,9H,4,6-8H2,1-2H3,(H,16,20)(H,18,19). The van der Waals surface area contributed by atoms with Gasteiger partial charge in [-0.2, -0.15) is 5.10 Å². The maximum Gasteiger partial charge on any atom is 0.267 e. The van der Waals surface area contributed by atoms with Gasteiger partial charge in [0.1, 0.15) is 17.2 Å². The van der Waals surface area contributed by atoms with Gasteiger partial charge in [-0.15, -0.1) is 0 Å². The van der Waals surface area contributed by atoms with E-state index in [1.165, 1.54) is 0 Å². The van der Waals surface area contributed by atoms with Gasteiger partial charge in [0.2, 0.25) is 5.91 Å². The van der Waals surface area contributed by atoms with Crippen molar-refractivity contribution in [3.63, 3.8) is 0 Å². The molecule has 2 N–H and O–H groups in total. The van der Waals surface area contributed by atoms with Crippen molar-refractivity contribution in [1.82, 2.24) is 10.7 Å². The Morgan fingerprint density at radius 2 is 2.14 bits per heavy atom. The second-order valence-electron chi connectivity index (χ2n) is 4.78. The van der Waals surface area contributed by atoms with E-state index in [2.05, 4.69) is 15.8 Å². The van der Waals surface area contributed by atoms with Crippen molar-refractivity contribution in [2.45, 2.75) is 19.3 Å². The summed E-state index contributed by atoms with van der Waals surface area (Å²) in [4.78, 5) is 22.9. The number of hydrazone groups is 1. The number of rotatable bonds is 6. The summed E-state index contributed by atoms with van der Waals surface area (Å²) in [7, 11) is 3.20. The van der Waals surface area contributed by atoms with Crippen molar-refractivity contribution in [2.24, 2.45) is 5.10 Å². The minimum absolute atomic E-state index is 0.169. The Morgan fingerprint density at radius 3 is 2.77 bits per heavy atom. The van der Waals surface area contributed by atoms with Crippen LogP contribution in [0.25, 0.3) is 0 Å². The first kappa shape index (κ1) is 15.8. The normalized spacial score (nSPS) is 13.9. The Balaban J connectivity index is 1.90. The van der Waals surface area contributed by atoms with E-state index in [1.54, 1.807) is 14.2 Å². The summed E-state index contributed by atoms with van der Waals surface area (Å²) in [6.45, 7) is 0.440. The van der Waals surface area contributed by atoms with Gasteiger partial charge >= 0.3 is 0 Å². The molecule has 0 atom stereocenters. The lowest BCUT2D eigenvalue weighted by molar-refractivity contribution is -0.121. The van der Waals surface area contributed by atoms with Crippen LogP contribution in [0.1, 0.15) is 18.4 Å². The van der Waals surface area contributed by atoms with Gasteiger partial charge in [0.25, 0.3) is 5.91 Å². The summed E-state index contributed by atoms with van der Waals surface area (Å²) in [6.07, 6.45) is 1.25. The molecular weight excluding hydrogens is 286 g/mol. The number of ether oxygens (including phenoxy) is 2. The van der Waals surface area contributed by atoms with E-state index in [9.17, 15) is 9.59 Å². The summed E-state index contributed by atoms with van der Waals surface area (Å²) < 4.78 is 10.5. The van der Waals surface area contributed by atoms with Crippen molar-refractivity contribution < 1.29 is 19.1 Å². The van der Waals surface area contributed by atoms with Crippen LogP contribution in [-0.2, 0) is 16.0 Å². The lowest BCUT2D eigenvalue weighted by atomic mass is 10.1. The largest absolute Gasteiger partial charge is 0.497 e. The van der Waals surface area contributed by atoms with E-state index < -0.39 is 0 Å². The first-order valence-corrected chi connectivity index (χ1v) is 6.98. The molecule has 1 aromatic carbocycles. The molecule has 0 bridgehead atoms. The van der Waals surface area contributed by atoms with E-state index in [1.807, 2.05) is 18.2 Å². The Bertz CT molecular complexity index is 598. The number of benzene rings is 1. The highest BCUT2D eigenvalue weighted by Gasteiger charge is 2.17. The number of carbonyl (C=O) groups excluding carboxylic acids is 2. The molecule has 0 saturated heterocycles. The van der Waals surface area contributed by atoms with Crippen LogP contribution in [-0.4, -0.2) is 38.3 Å². The van der Waals surface area contributed by atoms with Crippen molar-refractivity contribution in [3.05, 3.63) is 23.8 Å². The average Bonchev–Trinajstić information content (AvgIpc) is 2.55. The molecule has 22 heavy (non-hydrogen) atoms. The van der Waals surface area contributed by atoms with Crippen LogP contribution in [0, 0.1) is 0 Å². The third-order valence-corrected chi connectivity index (χ3v) is 3.33. The molecule has 2 amide bonds. The van der Waals surface area contributed by atoms with Gasteiger partial charge in [0, 0.05) is 19.4 Å². The third-order valence-electron chi connectivity index (χ3n) is 3.33. The van der Waals surface area contributed by atoms with Crippen LogP contribution >= 0.6 is 0 Å². The lowest BCUT2D eigenvalue weighted by Crippen LogP contribution is -2.37. The molecule has 1 heterocycles. The highest BCUT2D eigenvalue weighted by molar-refractivity contribution is 6.39.